The maximum atomic E-state index is 12.7. The molecule has 0 bridgehead atoms. The summed E-state index contributed by atoms with van der Waals surface area (Å²) in [4.78, 5) is 14.3. The van der Waals surface area contributed by atoms with Crippen molar-refractivity contribution < 1.29 is 14.3 Å². The van der Waals surface area contributed by atoms with E-state index in [-0.39, 0.29) is 12.2 Å². The molecular formula is C17H20N2O3. The van der Waals surface area contributed by atoms with Crippen LogP contribution in [0.3, 0.4) is 0 Å². The molecule has 1 saturated heterocycles. The molecule has 0 radical (unpaired) electrons. The molecule has 2 aliphatic rings. The van der Waals surface area contributed by atoms with Crippen molar-refractivity contribution in [2.24, 2.45) is 0 Å². The van der Waals surface area contributed by atoms with Gasteiger partial charge in [-0.25, -0.2) is 4.79 Å². The first kappa shape index (κ1) is 14.9. The lowest BCUT2D eigenvalue weighted by Crippen LogP contribution is -2.55. The first-order valence-electron chi connectivity index (χ1n) is 7.38. The van der Waals surface area contributed by atoms with Gasteiger partial charge in [0.25, 0.3) is 0 Å². The summed E-state index contributed by atoms with van der Waals surface area (Å²) in [6.07, 6.45) is -0.504. The van der Waals surface area contributed by atoms with Gasteiger partial charge in [-0.1, -0.05) is 0 Å². The van der Waals surface area contributed by atoms with E-state index < -0.39 is 17.2 Å². The minimum absolute atomic E-state index is 0.0445. The van der Waals surface area contributed by atoms with E-state index >= 15 is 0 Å². The fraction of sp³-hybridized carbons (Fsp3) is 0.529. The maximum absolute atomic E-state index is 12.7. The second-order valence-corrected chi connectivity index (χ2v) is 7.33. The molecule has 116 valence electrons. The van der Waals surface area contributed by atoms with Crippen molar-refractivity contribution in [3.05, 3.63) is 29.3 Å². The Labute approximate surface area is 130 Å². The summed E-state index contributed by atoms with van der Waals surface area (Å²) in [5.41, 5.74) is 1.15. The smallest absolute Gasteiger partial charge is 0.415 e. The number of hydrogen-bond acceptors (Lipinski definition) is 4. The molecule has 1 aromatic carbocycles. The molecule has 1 aromatic rings. The topological polar surface area (TPSA) is 65.9 Å². The fourth-order valence-corrected chi connectivity index (χ4v) is 3.02. The van der Waals surface area contributed by atoms with Gasteiger partial charge in [-0.3, -0.25) is 4.90 Å². The zero-order valence-electron chi connectivity index (χ0n) is 13.5. The second kappa shape index (κ2) is 4.47. The van der Waals surface area contributed by atoms with Crippen molar-refractivity contribution >= 4 is 11.8 Å². The van der Waals surface area contributed by atoms with Gasteiger partial charge in [0, 0.05) is 5.56 Å². The molecule has 1 fully saturated rings. The van der Waals surface area contributed by atoms with Crippen molar-refractivity contribution in [2.45, 2.75) is 58.0 Å². The second-order valence-electron chi connectivity index (χ2n) is 7.33. The third kappa shape index (κ3) is 2.24. The Morgan fingerprint density at radius 2 is 2.09 bits per heavy atom. The molecule has 3 rings (SSSR count). The van der Waals surface area contributed by atoms with Crippen molar-refractivity contribution in [3.8, 4) is 6.07 Å². The molecule has 2 atom stereocenters. The van der Waals surface area contributed by atoms with Gasteiger partial charge >= 0.3 is 6.09 Å². The number of fused-ring (bicyclic) bond motifs is 3. The molecule has 0 N–H and O–H groups in total. The predicted molar refractivity (Wildman–Crippen MR) is 81.6 cm³/mol. The first-order chi connectivity index (χ1) is 10.1. The summed E-state index contributed by atoms with van der Waals surface area (Å²) in [5.74, 6) is 0. The Balaban J connectivity index is 2.06. The lowest BCUT2D eigenvalue weighted by Gasteiger charge is -2.41. The van der Waals surface area contributed by atoms with Crippen LogP contribution in [0.15, 0.2) is 18.2 Å². The van der Waals surface area contributed by atoms with Crippen molar-refractivity contribution in [1.29, 1.82) is 5.26 Å². The molecule has 0 saturated carbocycles. The van der Waals surface area contributed by atoms with Crippen molar-refractivity contribution in [2.75, 3.05) is 4.90 Å². The van der Waals surface area contributed by atoms with Crippen LogP contribution in [0.5, 0.6) is 0 Å². The number of carbonyl (C=O) groups excluding carboxylic acids is 1. The van der Waals surface area contributed by atoms with E-state index in [1.807, 2.05) is 34.6 Å². The highest BCUT2D eigenvalue weighted by Crippen LogP contribution is 2.55. The van der Waals surface area contributed by atoms with Crippen LogP contribution in [-0.2, 0) is 9.47 Å². The Kier molecular flexibility index (Phi) is 3.02. The molecule has 5 nitrogen and oxygen atoms in total. The predicted octanol–water partition coefficient (Wildman–Crippen LogP) is 3.53. The van der Waals surface area contributed by atoms with Crippen LogP contribution in [-0.4, -0.2) is 23.3 Å². The highest BCUT2D eigenvalue weighted by molar-refractivity contribution is 5.92. The SMILES string of the molecule is CC(C)(C)OC(=O)N1c2ccc(C#N)cc2C2OC2C1(C)C. The van der Waals surface area contributed by atoms with Gasteiger partial charge in [0.1, 0.15) is 17.8 Å². The number of amides is 1. The van der Waals surface area contributed by atoms with Gasteiger partial charge in [0.05, 0.1) is 22.9 Å². The average Bonchev–Trinajstić information content (AvgIpc) is 3.17. The van der Waals surface area contributed by atoms with Gasteiger partial charge in [-0.15, -0.1) is 0 Å². The van der Waals surface area contributed by atoms with Crippen molar-refractivity contribution in [3.63, 3.8) is 0 Å². The van der Waals surface area contributed by atoms with Gasteiger partial charge < -0.3 is 9.47 Å². The van der Waals surface area contributed by atoms with Crippen LogP contribution < -0.4 is 4.90 Å². The Hall–Kier alpha value is -2.06. The van der Waals surface area contributed by atoms with Crippen LogP contribution >= 0.6 is 0 Å². The van der Waals surface area contributed by atoms with Crippen LogP contribution in [0.25, 0.3) is 0 Å². The van der Waals surface area contributed by atoms with Crippen LogP contribution in [0, 0.1) is 11.3 Å². The normalized spacial score (nSPS) is 24.8. The van der Waals surface area contributed by atoms with E-state index in [2.05, 4.69) is 6.07 Å². The van der Waals surface area contributed by atoms with E-state index in [4.69, 9.17) is 14.7 Å². The van der Waals surface area contributed by atoms with Crippen LogP contribution in [0.4, 0.5) is 10.5 Å². The number of carbonyl (C=O) groups is 1. The first-order valence-corrected chi connectivity index (χ1v) is 7.38. The monoisotopic (exact) mass is 300 g/mol. The number of anilines is 1. The Morgan fingerprint density at radius 3 is 2.68 bits per heavy atom. The van der Waals surface area contributed by atoms with E-state index in [0.717, 1.165) is 11.3 Å². The summed E-state index contributed by atoms with van der Waals surface area (Å²) < 4.78 is 11.3. The third-order valence-electron chi connectivity index (χ3n) is 4.04. The minimum atomic E-state index is -0.568. The number of rotatable bonds is 0. The molecule has 2 unspecified atom stereocenters. The summed E-state index contributed by atoms with van der Waals surface area (Å²) in [6.45, 7) is 9.49. The Morgan fingerprint density at radius 1 is 1.41 bits per heavy atom. The van der Waals surface area contributed by atoms with E-state index in [1.54, 1.807) is 23.1 Å². The molecule has 0 spiro atoms. The lowest BCUT2D eigenvalue weighted by molar-refractivity contribution is 0.0533. The summed E-state index contributed by atoms with van der Waals surface area (Å²) >= 11 is 0. The number of nitrogens with zero attached hydrogens (tertiary/aromatic N) is 2. The molecule has 5 heteroatoms. The standard InChI is InChI=1S/C17H20N2O3/c1-16(2,3)22-15(20)19-12-7-6-10(9-18)8-11(12)13-14(21-13)17(19,4)5/h6-8,13-14H,1-5H3. The molecule has 0 aromatic heterocycles. The Bertz CT molecular complexity index is 682. The highest BCUT2D eigenvalue weighted by Gasteiger charge is 2.60. The summed E-state index contributed by atoms with van der Waals surface area (Å²) in [5, 5.41) is 9.07. The van der Waals surface area contributed by atoms with Gasteiger partial charge in [0.15, 0.2) is 0 Å². The number of benzene rings is 1. The summed E-state index contributed by atoms with van der Waals surface area (Å²) in [6, 6.07) is 7.45. The molecule has 0 aliphatic carbocycles. The average molecular weight is 300 g/mol. The van der Waals surface area contributed by atoms with E-state index in [9.17, 15) is 4.79 Å². The highest BCUT2D eigenvalue weighted by atomic mass is 16.6. The molecule has 2 aliphatic heterocycles. The van der Waals surface area contributed by atoms with Crippen LogP contribution in [0.2, 0.25) is 0 Å². The zero-order chi connectivity index (χ0) is 16.3. The van der Waals surface area contributed by atoms with Gasteiger partial charge in [0.2, 0.25) is 0 Å². The van der Waals surface area contributed by atoms with Gasteiger partial charge in [-0.05, 0) is 52.8 Å². The number of hydrogen-bond donors (Lipinski definition) is 0. The van der Waals surface area contributed by atoms with E-state index in [1.165, 1.54) is 0 Å². The number of ether oxygens (including phenoxy) is 2. The van der Waals surface area contributed by atoms with Crippen molar-refractivity contribution in [1.82, 2.24) is 0 Å². The van der Waals surface area contributed by atoms with Crippen LogP contribution in [0.1, 0.15) is 51.8 Å². The van der Waals surface area contributed by atoms with Gasteiger partial charge in [-0.2, -0.15) is 5.26 Å². The molecular weight excluding hydrogens is 280 g/mol. The number of epoxide rings is 1. The molecule has 2 heterocycles. The maximum Gasteiger partial charge on any atom is 0.415 e. The fourth-order valence-electron chi connectivity index (χ4n) is 3.02. The third-order valence-corrected chi connectivity index (χ3v) is 4.04. The summed E-state index contributed by atoms with van der Waals surface area (Å²) in [7, 11) is 0. The largest absolute Gasteiger partial charge is 0.443 e. The number of nitriles is 1. The van der Waals surface area contributed by atoms with E-state index in [0.29, 0.717) is 5.56 Å². The minimum Gasteiger partial charge on any atom is -0.443 e. The quantitative estimate of drug-likeness (QED) is 0.687. The zero-order valence-corrected chi connectivity index (χ0v) is 13.5. The lowest BCUT2D eigenvalue weighted by atomic mass is 9.86. The molecule has 1 amide bonds. The molecule has 22 heavy (non-hydrogen) atoms.